The second kappa shape index (κ2) is 6.07. The van der Waals surface area contributed by atoms with Crippen molar-refractivity contribution in [2.75, 3.05) is 0 Å². The van der Waals surface area contributed by atoms with Gasteiger partial charge in [-0.3, -0.25) is 0 Å². The second-order valence-corrected chi connectivity index (χ2v) is 6.83. The van der Waals surface area contributed by atoms with E-state index in [0.717, 1.165) is 24.0 Å². The molecular formula is C18H28O2. The van der Waals surface area contributed by atoms with Gasteiger partial charge in [-0.25, -0.2) is 0 Å². The Morgan fingerprint density at radius 3 is 2.25 bits per heavy atom. The summed E-state index contributed by atoms with van der Waals surface area (Å²) in [5, 5.41) is 20.8. The van der Waals surface area contributed by atoms with Crippen LogP contribution in [-0.2, 0) is 6.42 Å². The smallest absolute Gasteiger partial charge is 0.123 e. The molecule has 0 radical (unpaired) electrons. The van der Waals surface area contributed by atoms with E-state index in [4.69, 9.17) is 0 Å². The van der Waals surface area contributed by atoms with Crippen LogP contribution < -0.4 is 0 Å². The quantitative estimate of drug-likeness (QED) is 0.829. The molecule has 0 aromatic heterocycles. The molecule has 0 saturated heterocycles. The van der Waals surface area contributed by atoms with E-state index in [2.05, 4.69) is 20.8 Å². The van der Waals surface area contributed by atoms with E-state index in [1.807, 2.05) is 19.1 Å². The molecule has 2 nitrogen and oxygen atoms in total. The molecule has 1 aromatic carbocycles. The van der Waals surface area contributed by atoms with Crippen LogP contribution in [0.15, 0.2) is 12.1 Å². The zero-order valence-electron chi connectivity index (χ0n) is 13.2. The highest BCUT2D eigenvalue weighted by Gasteiger charge is 2.34. The van der Waals surface area contributed by atoms with Crippen molar-refractivity contribution in [3.8, 4) is 11.5 Å². The molecular weight excluding hydrogens is 248 g/mol. The Hall–Kier alpha value is -1.18. The summed E-state index contributed by atoms with van der Waals surface area (Å²) in [7, 11) is 0. The molecule has 0 bridgehead atoms. The van der Waals surface area contributed by atoms with E-state index < -0.39 is 0 Å². The van der Waals surface area contributed by atoms with Crippen LogP contribution >= 0.6 is 0 Å². The zero-order valence-corrected chi connectivity index (χ0v) is 13.2. The van der Waals surface area contributed by atoms with Crippen LogP contribution in [-0.4, -0.2) is 10.2 Å². The number of hydrogen-bond donors (Lipinski definition) is 2. The van der Waals surface area contributed by atoms with Crippen LogP contribution in [0.1, 0.15) is 64.0 Å². The lowest BCUT2D eigenvalue weighted by atomic mass is 9.67. The van der Waals surface area contributed by atoms with Gasteiger partial charge >= 0.3 is 0 Å². The highest BCUT2D eigenvalue weighted by Crippen LogP contribution is 2.49. The Balaban J connectivity index is 2.41. The average Bonchev–Trinajstić information content (AvgIpc) is 2.37. The minimum Gasteiger partial charge on any atom is -0.508 e. The summed E-state index contributed by atoms with van der Waals surface area (Å²) in [4.78, 5) is 0. The summed E-state index contributed by atoms with van der Waals surface area (Å²) in [6, 6.07) is 3.65. The van der Waals surface area contributed by atoms with Gasteiger partial charge in [0.25, 0.3) is 0 Å². The normalized spacial score (nSPS) is 26.9. The van der Waals surface area contributed by atoms with Gasteiger partial charge in [-0.05, 0) is 60.6 Å². The standard InChI is InChI=1S/C18H28O2/c1-5-13-9-16(19)18(17(20)10-13)15-8-12(4)6-7-14(15)11(2)3/h9-12,14-15,19-20H,5-8H2,1-4H3/t12?,14-,15+/m0/s1. The molecule has 1 aliphatic rings. The van der Waals surface area contributed by atoms with Crippen LogP contribution in [0, 0.1) is 17.8 Å². The summed E-state index contributed by atoms with van der Waals surface area (Å²) in [6.07, 6.45) is 4.34. The number of phenols is 2. The highest BCUT2D eigenvalue weighted by molar-refractivity contribution is 5.49. The molecule has 0 aliphatic heterocycles. The lowest BCUT2D eigenvalue weighted by molar-refractivity contribution is 0.192. The van der Waals surface area contributed by atoms with Crippen molar-refractivity contribution in [1.82, 2.24) is 0 Å². The monoisotopic (exact) mass is 276 g/mol. The maximum Gasteiger partial charge on any atom is 0.123 e. The Bertz CT molecular complexity index is 441. The van der Waals surface area contributed by atoms with Gasteiger partial charge in [0.1, 0.15) is 11.5 Å². The van der Waals surface area contributed by atoms with Crippen molar-refractivity contribution in [3.05, 3.63) is 23.3 Å². The van der Waals surface area contributed by atoms with Crippen molar-refractivity contribution in [1.29, 1.82) is 0 Å². The van der Waals surface area contributed by atoms with Gasteiger partial charge in [-0.1, -0.05) is 34.1 Å². The molecule has 2 N–H and O–H groups in total. The number of hydrogen-bond acceptors (Lipinski definition) is 2. The zero-order chi connectivity index (χ0) is 14.9. The van der Waals surface area contributed by atoms with Gasteiger partial charge < -0.3 is 10.2 Å². The van der Waals surface area contributed by atoms with Gasteiger partial charge in [-0.2, -0.15) is 0 Å². The van der Waals surface area contributed by atoms with Crippen LogP contribution in [0.4, 0.5) is 0 Å². The SMILES string of the molecule is CCc1cc(O)c([C@@H]2CC(C)CC[C@H]2C(C)C)c(O)c1. The maximum absolute atomic E-state index is 10.4. The van der Waals surface area contributed by atoms with E-state index in [1.54, 1.807) is 0 Å². The fourth-order valence-electron chi connectivity index (χ4n) is 3.80. The van der Waals surface area contributed by atoms with Crippen molar-refractivity contribution >= 4 is 0 Å². The second-order valence-electron chi connectivity index (χ2n) is 6.83. The predicted molar refractivity (Wildman–Crippen MR) is 83.2 cm³/mol. The van der Waals surface area contributed by atoms with Gasteiger partial charge in [0, 0.05) is 5.56 Å². The highest BCUT2D eigenvalue weighted by atomic mass is 16.3. The number of aromatic hydroxyl groups is 2. The van der Waals surface area contributed by atoms with E-state index in [1.165, 1.54) is 12.8 Å². The Labute approximate surface area is 122 Å². The van der Waals surface area contributed by atoms with Crippen LogP contribution in [0.5, 0.6) is 11.5 Å². The molecule has 2 rings (SSSR count). The fourth-order valence-corrected chi connectivity index (χ4v) is 3.80. The number of rotatable bonds is 3. The lowest BCUT2D eigenvalue weighted by Gasteiger charge is -2.38. The summed E-state index contributed by atoms with van der Waals surface area (Å²) < 4.78 is 0. The van der Waals surface area contributed by atoms with Crippen LogP contribution in [0.2, 0.25) is 0 Å². The maximum atomic E-state index is 10.4. The van der Waals surface area contributed by atoms with Crippen molar-refractivity contribution in [2.45, 2.75) is 59.3 Å². The van der Waals surface area contributed by atoms with Crippen molar-refractivity contribution < 1.29 is 10.2 Å². The lowest BCUT2D eigenvalue weighted by Crippen LogP contribution is -2.26. The molecule has 1 aromatic rings. The Morgan fingerprint density at radius 1 is 1.15 bits per heavy atom. The number of phenolic OH excluding ortho intramolecular Hbond substituents is 2. The van der Waals surface area contributed by atoms with Crippen molar-refractivity contribution in [3.63, 3.8) is 0 Å². The Kier molecular flexibility index (Phi) is 4.62. The summed E-state index contributed by atoms with van der Waals surface area (Å²) in [5.74, 6) is 2.65. The van der Waals surface area contributed by atoms with E-state index in [9.17, 15) is 10.2 Å². The number of aryl methyl sites for hydroxylation is 1. The first-order chi connectivity index (χ1) is 9.43. The molecule has 20 heavy (non-hydrogen) atoms. The Morgan fingerprint density at radius 2 is 1.75 bits per heavy atom. The van der Waals surface area contributed by atoms with Gasteiger partial charge in [-0.15, -0.1) is 0 Å². The topological polar surface area (TPSA) is 40.5 Å². The molecule has 112 valence electrons. The predicted octanol–water partition coefficient (Wildman–Crippen LogP) is 4.84. The molecule has 3 atom stereocenters. The number of benzene rings is 1. The van der Waals surface area contributed by atoms with Gasteiger partial charge in [0.15, 0.2) is 0 Å². The van der Waals surface area contributed by atoms with Crippen molar-refractivity contribution in [2.24, 2.45) is 17.8 Å². The average molecular weight is 276 g/mol. The van der Waals surface area contributed by atoms with Gasteiger partial charge in [0.05, 0.1) is 0 Å². The molecule has 1 unspecified atom stereocenters. The molecule has 1 saturated carbocycles. The molecule has 1 aliphatic carbocycles. The van der Waals surface area contributed by atoms with E-state index in [0.29, 0.717) is 17.8 Å². The fraction of sp³-hybridized carbons (Fsp3) is 0.667. The van der Waals surface area contributed by atoms with E-state index >= 15 is 0 Å². The molecule has 2 heteroatoms. The summed E-state index contributed by atoms with van der Waals surface area (Å²) in [6.45, 7) is 8.82. The third-order valence-corrected chi connectivity index (χ3v) is 5.00. The molecule has 1 fully saturated rings. The first-order valence-corrected chi connectivity index (χ1v) is 7.98. The van der Waals surface area contributed by atoms with Gasteiger partial charge in [0.2, 0.25) is 0 Å². The third kappa shape index (κ3) is 2.94. The third-order valence-electron chi connectivity index (χ3n) is 5.00. The summed E-state index contributed by atoms with van der Waals surface area (Å²) >= 11 is 0. The minimum absolute atomic E-state index is 0.282. The van der Waals surface area contributed by atoms with E-state index in [-0.39, 0.29) is 17.4 Å². The molecule has 0 amide bonds. The largest absolute Gasteiger partial charge is 0.508 e. The first kappa shape index (κ1) is 15.2. The summed E-state index contributed by atoms with van der Waals surface area (Å²) in [5.41, 5.74) is 1.78. The minimum atomic E-state index is 0.282. The first-order valence-electron chi connectivity index (χ1n) is 7.98. The molecule has 0 heterocycles. The van der Waals surface area contributed by atoms with Crippen LogP contribution in [0.25, 0.3) is 0 Å². The van der Waals surface area contributed by atoms with Crippen LogP contribution in [0.3, 0.4) is 0 Å². The molecule has 0 spiro atoms.